The number of allylic oxidation sites excluding steroid dienone is 1. The molecule has 0 saturated carbocycles. The molecule has 1 saturated heterocycles. The maximum atomic E-state index is 14.1. The fourth-order valence-electron chi connectivity index (χ4n) is 5.88. The number of hydrogen-bond acceptors (Lipinski definition) is 8. The van der Waals surface area contributed by atoms with Gasteiger partial charge < -0.3 is 28.8 Å². The summed E-state index contributed by atoms with van der Waals surface area (Å²) in [5.41, 5.74) is 2.68. The maximum absolute atomic E-state index is 14.1. The number of esters is 1. The Morgan fingerprint density at radius 1 is 1.09 bits per heavy atom. The molecular weight excluding hydrogens is 598 g/mol. The number of aromatic nitrogens is 1. The smallest absolute Gasteiger partial charge is 0.408 e. The number of furan rings is 1. The highest BCUT2D eigenvalue weighted by Gasteiger charge is 2.44. The van der Waals surface area contributed by atoms with Crippen molar-refractivity contribution in [2.45, 2.75) is 83.1 Å². The lowest BCUT2D eigenvalue weighted by atomic mass is 10.1. The number of carbonyl (C=O) groups is 3. The Kier molecular flexibility index (Phi) is 10.5. The Hall–Kier alpha value is -4.86. The number of alkyl carbamates (subject to hydrolysis) is 1. The van der Waals surface area contributed by atoms with E-state index in [-0.39, 0.29) is 13.0 Å². The molecule has 1 unspecified atom stereocenters. The van der Waals surface area contributed by atoms with E-state index in [1.807, 2.05) is 66.7 Å². The van der Waals surface area contributed by atoms with Crippen molar-refractivity contribution < 1.29 is 33.0 Å². The number of carbonyl (C=O) groups excluding carboxylic acids is 3. The number of rotatable bonds is 12. The molecule has 248 valence electrons. The molecule has 10 heteroatoms. The van der Waals surface area contributed by atoms with Gasteiger partial charge in [0.15, 0.2) is 11.3 Å². The van der Waals surface area contributed by atoms with Crippen LogP contribution in [0, 0.1) is 0 Å². The van der Waals surface area contributed by atoms with Crippen molar-refractivity contribution >= 4 is 40.0 Å². The summed E-state index contributed by atoms with van der Waals surface area (Å²) in [7, 11) is 1.29. The first-order valence-corrected chi connectivity index (χ1v) is 16.1. The molecule has 0 aliphatic carbocycles. The summed E-state index contributed by atoms with van der Waals surface area (Å²) in [6.45, 7) is 9.15. The van der Waals surface area contributed by atoms with Crippen LogP contribution in [0.2, 0.25) is 0 Å². The first-order chi connectivity index (χ1) is 22.6. The number of para-hydroxylation sites is 1. The van der Waals surface area contributed by atoms with Crippen molar-refractivity contribution in [3.05, 3.63) is 73.3 Å². The summed E-state index contributed by atoms with van der Waals surface area (Å²) in [6, 6.07) is 17.4. The quantitative estimate of drug-likeness (QED) is 0.0980. The van der Waals surface area contributed by atoms with Gasteiger partial charge in [-0.15, -0.1) is 6.58 Å². The summed E-state index contributed by atoms with van der Waals surface area (Å²) in [5, 5.41) is 3.61. The number of ether oxygens (including phenoxy) is 3. The lowest BCUT2D eigenvalue weighted by Crippen LogP contribution is -2.52. The van der Waals surface area contributed by atoms with Crippen LogP contribution in [0.15, 0.2) is 77.7 Å². The van der Waals surface area contributed by atoms with Crippen LogP contribution in [0.25, 0.3) is 33.3 Å². The number of benzene rings is 2. The van der Waals surface area contributed by atoms with Gasteiger partial charge in [-0.25, -0.2) is 14.6 Å². The van der Waals surface area contributed by atoms with E-state index in [9.17, 15) is 14.4 Å². The van der Waals surface area contributed by atoms with E-state index in [2.05, 4.69) is 11.9 Å². The summed E-state index contributed by atoms with van der Waals surface area (Å²) in [5.74, 6) is -0.492. The zero-order valence-electron chi connectivity index (χ0n) is 27.5. The molecule has 5 rings (SSSR count). The van der Waals surface area contributed by atoms with Gasteiger partial charge >= 0.3 is 12.1 Å². The van der Waals surface area contributed by atoms with Crippen molar-refractivity contribution in [1.29, 1.82) is 0 Å². The first-order valence-electron chi connectivity index (χ1n) is 16.1. The SMILES string of the molecule is C=CCCCCC[C@H](NC(=O)OC(C)(C)C)C(=O)N1CC(Oc2cc(-c3ccccc3)nc3c2oc2ccccc23)C[C@H]1C(=O)OC. The molecule has 3 heterocycles. The number of hydrogen-bond donors (Lipinski definition) is 1. The van der Waals surface area contributed by atoms with Crippen molar-refractivity contribution in [3.63, 3.8) is 0 Å². The third kappa shape index (κ3) is 8.11. The first kappa shape index (κ1) is 33.5. The predicted octanol–water partition coefficient (Wildman–Crippen LogP) is 7.20. The van der Waals surface area contributed by atoms with Gasteiger partial charge in [0.05, 0.1) is 19.3 Å². The molecule has 47 heavy (non-hydrogen) atoms. The van der Waals surface area contributed by atoms with Crippen molar-refractivity contribution in [2.75, 3.05) is 13.7 Å². The molecule has 0 bridgehead atoms. The Bertz CT molecular complexity index is 1730. The molecular formula is C37H43N3O7. The average molecular weight is 642 g/mol. The standard InChI is InChI=1S/C37H43N3O7/c1-6-7-8-9-13-19-27(39-36(43)47-37(2,3)4)34(41)40-23-25(21-29(40)35(42)44-5)45-31-22-28(24-16-11-10-12-17-24)38-32-26-18-14-15-20-30(26)46-33(31)32/h6,10-12,14-18,20,22,25,27,29H,1,7-9,13,19,21,23H2,2-5H3,(H,39,43)/t25?,27-,29-/m0/s1. The number of amides is 2. The molecule has 4 aromatic rings. The predicted molar refractivity (Wildman–Crippen MR) is 180 cm³/mol. The Morgan fingerprint density at radius 2 is 1.83 bits per heavy atom. The number of nitrogens with one attached hydrogen (secondary N) is 1. The molecule has 3 atom stereocenters. The number of likely N-dealkylation sites (tertiary alicyclic amines) is 1. The number of unbranched alkanes of at least 4 members (excludes halogenated alkanes) is 3. The van der Waals surface area contributed by atoms with Crippen LogP contribution in [0.3, 0.4) is 0 Å². The van der Waals surface area contributed by atoms with Crippen molar-refractivity contribution in [2.24, 2.45) is 0 Å². The second kappa shape index (κ2) is 14.7. The number of fused-ring (bicyclic) bond motifs is 3. The Balaban J connectivity index is 1.43. The average Bonchev–Trinajstić information content (AvgIpc) is 3.65. The summed E-state index contributed by atoms with van der Waals surface area (Å²) in [4.78, 5) is 46.3. The molecule has 1 aliphatic heterocycles. The van der Waals surface area contributed by atoms with Gasteiger partial charge in [-0.3, -0.25) is 4.79 Å². The topological polar surface area (TPSA) is 120 Å². The lowest BCUT2D eigenvalue weighted by Gasteiger charge is -2.29. The van der Waals surface area contributed by atoms with Gasteiger partial charge in [0.2, 0.25) is 5.91 Å². The highest BCUT2D eigenvalue weighted by molar-refractivity contribution is 6.05. The van der Waals surface area contributed by atoms with Crippen LogP contribution in [0.1, 0.15) is 59.3 Å². The molecule has 2 amide bonds. The monoisotopic (exact) mass is 641 g/mol. The van der Waals surface area contributed by atoms with Gasteiger partial charge in [-0.1, -0.05) is 61.4 Å². The van der Waals surface area contributed by atoms with E-state index in [0.29, 0.717) is 41.0 Å². The van der Waals surface area contributed by atoms with Crippen molar-refractivity contribution in [1.82, 2.24) is 15.2 Å². The molecule has 2 aromatic heterocycles. The highest BCUT2D eigenvalue weighted by atomic mass is 16.6. The van der Waals surface area contributed by atoms with Gasteiger partial charge in [0.25, 0.3) is 0 Å². The Morgan fingerprint density at radius 3 is 2.55 bits per heavy atom. The molecule has 0 radical (unpaired) electrons. The fourth-order valence-corrected chi connectivity index (χ4v) is 5.88. The molecule has 2 aromatic carbocycles. The van der Waals surface area contributed by atoms with E-state index in [1.165, 1.54) is 12.0 Å². The van der Waals surface area contributed by atoms with Crippen LogP contribution < -0.4 is 10.1 Å². The van der Waals surface area contributed by atoms with Gasteiger partial charge in [0, 0.05) is 23.4 Å². The molecule has 0 spiro atoms. The maximum Gasteiger partial charge on any atom is 0.408 e. The normalized spacial score (nSPS) is 17.0. The summed E-state index contributed by atoms with van der Waals surface area (Å²) in [6.07, 6.45) is 4.52. The Labute approximate surface area is 275 Å². The number of methoxy groups -OCH3 is 1. The molecule has 1 fully saturated rings. The minimum atomic E-state index is -0.900. The number of pyridine rings is 1. The third-order valence-corrected chi connectivity index (χ3v) is 8.07. The highest BCUT2D eigenvalue weighted by Crippen LogP contribution is 2.38. The van der Waals surface area contributed by atoms with Crippen LogP contribution in [-0.4, -0.2) is 65.3 Å². The van der Waals surface area contributed by atoms with Crippen LogP contribution in [0.4, 0.5) is 4.79 Å². The second-order valence-corrected chi connectivity index (χ2v) is 12.8. The summed E-state index contributed by atoms with van der Waals surface area (Å²) >= 11 is 0. The summed E-state index contributed by atoms with van der Waals surface area (Å²) < 4.78 is 23.4. The van der Waals surface area contributed by atoms with Crippen LogP contribution in [0.5, 0.6) is 5.75 Å². The van der Waals surface area contributed by atoms with Gasteiger partial charge in [-0.2, -0.15) is 0 Å². The third-order valence-electron chi connectivity index (χ3n) is 8.07. The van der Waals surface area contributed by atoms with Gasteiger partial charge in [-0.05, 0) is 52.2 Å². The van der Waals surface area contributed by atoms with E-state index >= 15 is 0 Å². The molecule has 1 aliphatic rings. The minimum absolute atomic E-state index is 0.103. The van der Waals surface area contributed by atoms with Crippen molar-refractivity contribution in [3.8, 4) is 17.0 Å². The van der Waals surface area contributed by atoms with E-state index < -0.39 is 41.8 Å². The largest absolute Gasteiger partial charge is 0.484 e. The van der Waals surface area contributed by atoms with E-state index in [0.717, 1.165) is 30.2 Å². The van der Waals surface area contributed by atoms with E-state index in [1.54, 1.807) is 20.8 Å². The van der Waals surface area contributed by atoms with Crippen LogP contribution >= 0.6 is 0 Å². The molecule has 10 nitrogen and oxygen atoms in total. The number of nitrogens with zero attached hydrogens (tertiary/aromatic N) is 2. The molecule has 1 N–H and O–H groups in total. The van der Waals surface area contributed by atoms with Gasteiger partial charge in [0.1, 0.15) is 34.9 Å². The zero-order valence-corrected chi connectivity index (χ0v) is 27.5. The lowest BCUT2D eigenvalue weighted by molar-refractivity contribution is -0.151. The van der Waals surface area contributed by atoms with E-state index in [4.69, 9.17) is 23.6 Å². The zero-order chi connectivity index (χ0) is 33.6. The minimum Gasteiger partial charge on any atom is -0.484 e. The van der Waals surface area contributed by atoms with Crippen LogP contribution in [-0.2, 0) is 19.1 Å². The second-order valence-electron chi connectivity index (χ2n) is 12.8. The fraction of sp³-hybridized carbons (Fsp3) is 0.405.